The summed E-state index contributed by atoms with van der Waals surface area (Å²) in [5, 5.41) is 19.9. The van der Waals surface area contributed by atoms with Crippen LogP contribution in [0, 0.1) is 16.7 Å². The summed E-state index contributed by atoms with van der Waals surface area (Å²) in [6.45, 7) is 4.42. The summed E-state index contributed by atoms with van der Waals surface area (Å²) in [6.07, 6.45) is 2.44. The van der Waals surface area contributed by atoms with E-state index in [4.69, 9.17) is 9.47 Å². The predicted molar refractivity (Wildman–Crippen MR) is 101 cm³/mol. The Kier molecular flexibility index (Phi) is 4.49. The molecule has 0 aromatic heterocycles. The summed E-state index contributed by atoms with van der Waals surface area (Å²) in [6, 6.07) is 5.91. The number of aromatic hydroxyl groups is 1. The Bertz CT molecular complexity index is 837. The average molecular weight is 386 g/mol. The van der Waals surface area contributed by atoms with E-state index in [1.165, 1.54) is 24.3 Å². The molecule has 6 heteroatoms. The van der Waals surface area contributed by atoms with Gasteiger partial charge in [0.05, 0.1) is 12.2 Å². The van der Waals surface area contributed by atoms with Gasteiger partial charge < -0.3 is 19.7 Å². The Balaban J connectivity index is 1.73. The molecular formula is C22H26O6. The van der Waals surface area contributed by atoms with E-state index in [9.17, 15) is 19.8 Å². The van der Waals surface area contributed by atoms with Crippen LogP contribution in [0.3, 0.4) is 0 Å². The lowest BCUT2D eigenvalue weighted by Crippen LogP contribution is -2.56. The smallest absolute Gasteiger partial charge is 0.338 e. The molecule has 2 aliphatic carbocycles. The molecule has 150 valence electrons. The van der Waals surface area contributed by atoms with E-state index in [1.807, 2.05) is 0 Å². The highest BCUT2D eigenvalue weighted by molar-refractivity contribution is 5.93. The molecule has 28 heavy (non-hydrogen) atoms. The lowest BCUT2D eigenvalue weighted by atomic mass is 9.49. The number of fused-ring (bicyclic) bond motifs is 2. The molecule has 0 spiro atoms. The second-order valence-corrected chi connectivity index (χ2v) is 8.86. The van der Waals surface area contributed by atoms with Crippen LogP contribution < -0.4 is 0 Å². The number of aliphatic hydroxyl groups excluding tert-OH is 1. The van der Waals surface area contributed by atoms with Crippen molar-refractivity contribution >= 4 is 11.9 Å². The minimum absolute atomic E-state index is 0.0745. The van der Waals surface area contributed by atoms with Gasteiger partial charge in [0, 0.05) is 23.3 Å². The lowest BCUT2D eigenvalue weighted by Gasteiger charge is -2.56. The van der Waals surface area contributed by atoms with Gasteiger partial charge in [0.25, 0.3) is 0 Å². The van der Waals surface area contributed by atoms with Gasteiger partial charge >= 0.3 is 11.9 Å². The van der Waals surface area contributed by atoms with Crippen molar-refractivity contribution in [2.45, 2.75) is 45.6 Å². The van der Waals surface area contributed by atoms with Crippen LogP contribution >= 0.6 is 0 Å². The normalized spacial score (nSPS) is 31.0. The molecule has 1 aliphatic heterocycles. The molecule has 3 atom stereocenters. The van der Waals surface area contributed by atoms with E-state index < -0.39 is 17.5 Å². The summed E-state index contributed by atoms with van der Waals surface area (Å²) >= 11 is 0. The van der Waals surface area contributed by atoms with Crippen molar-refractivity contribution < 1.29 is 29.3 Å². The van der Waals surface area contributed by atoms with Gasteiger partial charge in [0.2, 0.25) is 0 Å². The van der Waals surface area contributed by atoms with Crippen LogP contribution in [0.25, 0.3) is 0 Å². The first-order valence-corrected chi connectivity index (χ1v) is 9.79. The number of hydrogen-bond donors (Lipinski definition) is 2. The van der Waals surface area contributed by atoms with Gasteiger partial charge in [0.15, 0.2) is 0 Å². The van der Waals surface area contributed by atoms with E-state index in [-0.39, 0.29) is 36.3 Å². The molecule has 3 unspecified atom stereocenters. The highest BCUT2D eigenvalue weighted by atomic mass is 16.5. The first kappa shape index (κ1) is 19.0. The highest BCUT2D eigenvalue weighted by Gasteiger charge is 2.60. The van der Waals surface area contributed by atoms with E-state index in [0.717, 1.165) is 24.8 Å². The number of benzene rings is 1. The van der Waals surface area contributed by atoms with Gasteiger partial charge in [-0.3, -0.25) is 0 Å². The summed E-state index contributed by atoms with van der Waals surface area (Å²) < 4.78 is 11.2. The molecule has 0 radical (unpaired) electrons. The minimum Gasteiger partial charge on any atom is -0.508 e. The molecule has 4 rings (SSSR count). The number of phenols is 1. The van der Waals surface area contributed by atoms with Crippen LogP contribution in [0.1, 0.15) is 49.9 Å². The molecule has 0 bridgehead atoms. The monoisotopic (exact) mass is 386 g/mol. The fourth-order valence-electron chi connectivity index (χ4n) is 5.71. The zero-order chi connectivity index (χ0) is 20.1. The SMILES string of the molecule is CC1(C)CCCC2(CO)C3=C(CC(OC(=O)c4ccc(O)cc4)C12)C(=O)OC3. The summed E-state index contributed by atoms with van der Waals surface area (Å²) in [5.41, 5.74) is 1.04. The number of cyclic esters (lactones) is 1. The van der Waals surface area contributed by atoms with Crippen molar-refractivity contribution in [1.82, 2.24) is 0 Å². The summed E-state index contributed by atoms with van der Waals surface area (Å²) in [4.78, 5) is 25.1. The average Bonchev–Trinajstić information content (AvgIpc) is 3.03. The molecule has 0 saturated heterocycles. The molecule has 3 aliphatic rings. The number of esters is 2. The fourth-order valence-corrected chi connectivity index (χ4v) is 5.71. The van der Waals surface area contributed by atoms with Crippen molar-refractivity contribution in [2.24, 2.45) is 16.7 Å². The number of ether oxygens (including phenoxy) is 2. The van der Waals surface area contributed by atoms with E-state index in [1.54, 1.807) is 0 Å². The number of hydrogen-bond acceptors (Lipinski definition) is 6. The zero-order valence-corrected chi connectivity index (χ0v) is 16.2. The van der Waals surface area contributed by atoms with Crippen molar-refractivity contribution in [2.75, 3.05) is 13.2 Å². The number of carbonyl (C=O) groups is 2. The van der Waals surface area contributed by atoms with Crippen molar-refractivity contribution in [1.29, 1.82) is 0 Å². The topological polar surface area (TPSA) is 93.1 Å². The number of rotatable bonds is 3. The standard InChI is InChI=1S/C22H26O6/c1-21(2)8-3-9-22(12-23)16-11-27-20(26)15(16)10-17(18(21)22)28-19(25)13-4-6-14(24)7-5-13/h4-7,17-18,23-24H,3,8-12H2,1-2H3. The van der Waals surface area contributed by atoms with Crippen molar-refractivity contribution in [3.63, 3.8) is 0 Å². The maximum Gasteiger partial charge on any atom is 0.338 e. The summed E-state index contributed by atoms with van der Waals surface area (Å²) in [5.74, 6) is -0.887. The van der Waals surface area contributed by atoms with Crippen LogP contribution in [0.5, 0.6) is 5.75 Å². The van der Waals surface area contributed by atoms with Gasteiger partial charge in [-0.05, 0) is 48.1 Å². The second kappa shape index (κ2) is 6.62. The van der Waals surface area contributed by atoms with E-state index >= 15 is 0 Å². The third-order valence-electron chi connectivity index (χ3n) is 6.86. The Morgan fingerprint density at radius 3 is 2.64 bits per heavy atom. The van der Waals surface area contributed by atoms with Crippen LogP contribution in [0.15, 0.2) is 35.4 Å². The first-order valence-electron chi connectivity index (χ1n) is 9.79. The van der Waals surface area contributed by atoms with E-state index in [0.29, 0.717) is 17.6 Å². The maximum atomic E-state index is 12.8. The quantitative estimate of drug-likeness (QED) is 0.776. The third-order valence-corrected chi connectivity index (χ3v) is 6.86. The first-order chi connectivity index (χ1) is 13.3. The molecular weight excluding hydrogens is 360 g/mol. The van der Waals surface area contributed by atoms with Crippen LogP contribution in [-0.4, -0.2) is 41.5 Å². The largest absolute Gasteiger partial charge is 0.508 e. The second-order valence-electron chi connectivity index (χ2n) is 8.86. The molecule has 1 fully saturated rings. The Hall–Kier alpha value is -2.34. The van der Waals surface area contributed by atoms with Gasteiger partial charge in [-0.1, -0.05) is 20.3 Å². The van der Waals surface area contributed by atoms with Gasteiger partial charge in [-0.2, -0.15) is 0 Å². The Morgan fingerprint density at radius 2 is 1.96 bits per heavy atom. The molecule has 2 N–H and O–H groups in total. The van der Waals surface area contributed by atoms with Gasteiger partial charge in [0.1, 0.15) is 18.5 Å². The fraction of sp³-hybridized carbons (Fsp3) is 0.545. The van der Waals surface area contributed by atoms with Gasteiger partial charge in [-0.25, -0.2) is 9.59 Å². The molecule has 1 aromatic rings. The number of carbonyl (C=O) groups excluding carboxylic acids is 2. The van der Waals surface area contributed by atoms with Crippen molar-refractivity contribution in [3.8, 4) is 5.75 Å². The molecule has 1 heterocycles. The molecule has 6 nitrogen and oxygen atoms in total. The predicted octanol–water partition coefficient (Wildman–Crippen LogP) is 2.98. The van der Waals surface area contributed by atoms with Crippen molar-refractivity contribution in [3.05, 3.63) is 41.0 Å². The zero-order valence-electron chi connectivity index (χ0n) is 16.2. The van der Waals surface area contributed by atoms with Crippen LogP contribution in [0.2, 0.25) is 0 Å². The van der Waals surface area contributed by atoms with Gasteiger partial charge in [-0.15, -0.1) is 0 Å². The Labute approximate surface area is 164 Å². The molecule has 1 saturated carbocycles. The third kappa shape index (κ3) is 2.82. The molecule has 0 amide bonds. The number of aliphatic hydroxyl groups is 1. The van der Waals surface area contributed by atoms with Crippen LogP contribution in [0.4, 0.5) is 0 Å². The number of phenolic OH excluding ortho intramolecular Hbond substituents is 1. The maximum absolute atomic E-state index is 12.8. The molecule has 1 aromatic carbocycles. The summed E-state index contributed by atoms with van der Waals surface area (Å²) in [7, 11) is 0. The van der Waals surface area contributed by atoms with E-state index in [2.05, 4.69) is 13.8 Å². The lowest BCUT2D eigenvalue weighted by molar-refractivity contribution is -0.136. The Morgan fingerprint density at radius 1 is 1.25 bits per heavy atom. The highest BCUT2D eigenvalue weighted by Crippen LogP contribution is 2.61. The van der Waals surface area contributed by atoms with Crippen LogP contribution in [-0.2, 0) is 14.3 Å². The minimum atomic E-state index is -0.596.